The van der Waals surface area contributed by atoms with Gasteiger partial charge in [0.25, 0.3) is 0 Å². The topological polar surface area (TPSA) is 55.1 Å². The summed E-state index contributed by atoms with van der Waals surface area (Å²) in [6.45, 7) is 0. The normalized spacial score (nSPS) is 20.6. The fraction of sp³-hybridized carbons (Fsp3) is 0.556. The lowest BCUT2D eigenvalue weighted by Crippen LogP contribution is -2.32. The third-order valence-corrected chi connectivity index (χ3v) is 2.66. The van der Waals surface area contributed by atoms with E-state index >= 15 is 0 Å². The van der Waals surface area contributed by atoms with Crippen molar-refractivity contribution in [3.8, 4) is 0 Å². The lowest BCUT2D eigenvalue weighted by atomic mass is 10.0. The highest BCUT2D eigenvalue weighted by Crippen LogP contribution is 2.38. The Morgan fingerprint density at radius 2 is 2.25 bits per heavy atom. The van der Waals surface area contributed by atoms with Crippen molar-refractivity contribution in [3.63, 3.8) is 0 Å². The summed E-state index contributed by atoms with van der Waals surface area (Å²) in [7, 11) is 0. The Morgan fingerprint density at radius 3 is 2.81 bits per heavy atom. The van der Waals surface area contributed by atoms with E-state index in [0.717, 1.165) is 10.8 Å². The molecule has 0 bridgehead atoms. The van der Waals surface area contributed by atoms with Crippen molar-refractivity contribution in [2.24, 2.45) is 0 Å². The lowest BCUT2D eigenvalue weighted by molar-refractivity contribution is -0.172. The van der Waals surface area contributed by atoms with Crippen molar-refractivity contribution in [3.05, 3.63) is 17.7 Å². The molecule has 0 fully saturated rings. The smallest absolute Gasteiger partial charge is 0.409 e. The fourth-order valence-corrected chi connectivity index (χ4v) is 1.98. The molecule has 1 N–H and O–H groups in total. The second kappa shape index (κ2) is 3.50. The molecule has 0 saturated heterocycles. The Labute approximate surface area is 88.7 Å². The van der Waals surface area contributed by atoms with Gasteiger partial charge in [0.15, 0.2) is 0 Å². The minimum absolute atomic E-state index is 0.0901. The van der Waals surface area contributed by atoms with Gasteiger partial charge in [0, 0.05) is 6.42 Å². The summed E-state index contributed by atoms with van der Waals surface area (Å²) in [4.78, 5) is 14.5. The molecule has 0 saturated carbocycles. The molecule has 2 heterocycles. The average molecular weight is 234 g/mol. The standard InChI is InChI=1S/C9H9F3N2O2/c10-9(11,12)6-2-1-3-7-13-4-5(8(15)16)14(6)7/h4,6H,1-3H2,(H,15,16). The number of aromatic nitrogens is 2. The molecule has 0 aromatic carbocycles. The Bertz CT molecular complexity index is 425. The predicted molar refractivity (Wildman–Crippen MR) is 47.2 cm³/mol. The van der Waals surface area contributed by atoms with E-state index in [2.05, 4.69) is 4.98 Å². The Morgan fingerprint density at radius 1 is 1.56 bits per heavy atom. The Balaban J connectivity index is 2.51. The monoisotopic (exact) mass is 234 g/mol. The number of carbonyl (C=O) groups is 1. The molecule has 1 aromatic rings. The van der Waals surface area contributed by atoms with E-state index in [9.17, 15) is 18.0 Å². The first kappa shape index (κ1) is 11.0. The molecule has 1 aliphatic rings. The molecule has 4 nitrogen and oxygen atoms in total. The number of carboxylic acid groups (broad SMARTS) is 1. The maximum absolute atomic E-state index is 12.7. The molecule has 0 amide bonds. The van der Waals surface area contributed by atoms with Gasteiger partial charge in [-0.1, -0.05) is 0 Å². The van der Waals surface area contributed by atoms with E-state index in [1.165, 1.54) is 0 Å². The number of aryl methyl sites for hydroxylation is 1. The predicted octanol–water partition coefficient (Wildman–Crippen LogP) is 2.02. The van der Waals surface area contributed by atoms with Gasteiger partial charge >= 0.3 is 12.1 Å². The maximum atomic E-state index is 12.7. The van der Waals surface area contributed by atoms with Gasteiger partial charge in [-0.25, -0.2) is 9.78 Å². The zero-order valence-electron chi connectivity index (χ0n) is 8.16. The number of halogens is 3. The van der Waals surface area contributed by atoms with Gasteiger partial charge in [-0.05, 0) is 12.8 Å². The van der Waals surface area contributed by atoms with E-state index in [4.69, 9.17) is 5.11 Å². The minimum Gasteiger partial charge on any atom is -0.477 e. The SMILES string of the molecule is O=C(O)c1cnc2n1C(C(F)(F)F)CCC2. The van der Waals surface area contributed by atoms with Gasteiger partial charge in [0.2, 0.25) is 0 Å². The highest BCUT2D eigenvalue weighted by atomic mass is 19.4. The number of alkyl halides is 3. The van der Waals surface area contributed by atoms with Crippen LogP contribution in [0.4, 0.5) is 13.2 Å². The highest BCUT2D eigenvalue weighted by Gasteiger charge is 2.44. The molecule has 0 spiro atoms. The number of rotatable bonds is 1. The van der Waals surface area contributed by atoms with Crippen LogP contribution in [0, 0.1) is 0 Å². The number of hydrogen-bond donors (Lipinski definition) is 1. The van der Waals surface area contributed by atoms with Crippen molar-refractivity contribution >= 4 is 5.97 Å². The van der Waals surface area contributed by atoms with Crippen LogP contribution in [-0.2, 0) is 6.42 Å². The van der Waals surface area contributed by atoms with Crippen LogP contribution in [0.25, 0.3) is 0 Å². The van der Waals surface area contributed by atoms with Gasteiger partial charge in [-0.3, -0.25) is 0 Å². The first-order chi connectivity index (χ1) is 7.41. The second-order valence-corrected chi connectivity index (χ2v) is 3.68. The molecule has 0 radical (unpaired) electrons. The third-order valence-electron chi connectivity index (χ3n) is 2.66. The number of carboxylic acids is 1. The zero-order valence-corrected chi connectivity index (χ0v) is 8.16. The van der Waals surface area contributed by atoms with Crippen LogP contribution in [0.1, 0.15) is 35.2 Å². The second-order valence-electron chi connectivity index (χ2n) is 3.68. The fourth-order valence-electron chi connectivity index (χ4n) is 1.98. The molecular formula is C9H9F3N2O2. The quantitative estimate of drug-likeness (QED) is 0.808. The number of hydrogen-bond acceptors (Lipinski definition) is 2. The van der Waals surface area contributed by atoms with Crippen molar-refractivity contribution in [2.45, 2.75) is 31.5 Å². The Kier molecular flexibility index (Phi) is 2.40. The van der Waals surface area contributed by atoms with E-state index in [1.54, 1.807) is 0 Å². The van der Waals surface area contributed by atoms with E-state index < -0.39 is 23.9 Å². The van der Waals surface area contributed by atoms with E-state index in [1.807, 2.05) is 0 Å². The van der Waals surface area contributed by atoms with Crippen molar-refractivity contribution in [1.82, 2.24) is 9.55 Å². The van der Waals surface area contributed by atoms with Gasteiger partial charge in [0.1, 0.15) is 17.6 Å². The minimum atomic E-state index is -4.43. The van der Waals surface area contributed by atoms with Crippen molar-refractivity contribution in [2.75, 3.05) is 0 Å². The van der Waals surface area contributed by atoms with Crippen LogP contribution >= 0.6 is 0 Å². The van der Waals surface area contributed by atoms with E-state index in [0.29, 0.717) is 12.8 Å². The molecule has 0 aliphatic carbocycles. The summed E-state index contributed by atoms with van der Waals surface area (Å²) in [6, 6.07) is -1.76. The molecular weight excluding hydrogens is 225 g/mol. The van der Waals surface area contributed by atoms with Gasteiger partial charge < -0.3 is 9.67 Å². The number of fused-ring (bicyclic) bond motifs is 1. The van der Waals surface area contributed by atoms with Crippen LogP contribution in [0.3, 0.4) is 0 Å². The summed E-state index contributed by atoms with van der Waals surface area (Å²) in [5, 5.41) is 8.79. The third kappa shape index (κ3) is 1.66. The van der Waals surface area contributed by atoms with E-state index in [-0.39, 0.29) is 12.2 Å². The van der Waals surface area contributed by atoms with Gasteiger partial charge in [-0.15, -0.1) is 0 Å². The molecule has 16 heavy (non-hydrogen) atoms. The average Bonchev–Trinajstić information content (AvgIpc) is 2.58. The lowest BCUT2D eigenvalue weighted by Gasteiger charge is -2.28. The molecule has 2 rings (SSSR count). The van der Waals surface area contributed by atoms with Crippen LogP contribution in [0.15, 0.2) is 6.20 Å². The van der Waals surface area contributed by atoms with Crippen LogP contribution in [0.5, 0.6) is 0 Å². The first-order valence-electron chi connectivity index (χ1n) is 4.77. The largest absolute Gasteiger partial charge is 0.477 e. The Hall–Kier alpha value is -1.53. The summed E-state index contributed by atoms with van der Waals surface area (Å²) in [5.41, 5.74) is -0.392. The highest BCUT2D eigenvalue weighted by molar-refractivity contribution is 5.85. The molecule has 1 atom stereocenters. The molecule has 88 valence electrons. The zero-order chi connectivity index (χ0) is 11.9. The summed E-state index contributed by atoms with van der Waals surface area (Å²) in [6.07, 6.45) is -2.77. The molecule has 1 aliphatic heterocycles. The number of imidazole rings is 1. The first-order valence-corrected chi connectivity index (χ1v) is 4.77. The summed E-state index contributed by atoms with van der Waals surface area (Å²) in [5.74, 6) is -1.18. The number of aromatic carboxylic acids is 1. The molecule has 7 heteroatoms. The maximum Gasteiger partial charge on any atom is 0.409 e. The van der Waals surface area contributed by atoms with Crippen LogP contribution < -0.4 is 0 Å². The van der Waals surface area contributed by atoms with Crippen molar-refractivity contribution < 1.29 is 23.1 Å². The number of nitrogens with zero attached hydrogens (tertiary/aromatic N) is 2. The van der Waals surface area contributed by atoms with Gasteiger partial charge in [0.05, 0.1) is 6.20 Å². The van der Waals surface area contributed by atoms with Gasteiger partial charge in [-0.2, -0.15) is 13.2 Å². The molecule has 1 unspecified atom stereocenters. The van der Waals surface area contributed by atoms with Crippen LogP contribution in [0.2, 0.25) is 0 Å². The summed E-state index contributed by atoms with van der Waals surface area (Å²) >= 11 is 0. The van der Waals surface area contributed by atoms with Crippen molar-refractivity contribution in [1.29, 1.82) is 0 Å². The molecule has 1 aromatic heterocycles. The summed E-state index contributed by atoms with van der Waals surface area (Å²) < 4.78 is 38.9. The van der Waals surface area contributed by atoms with Crippen LogP contribution in [-0.4, -0.2) is 26.8 Å².